The van der Waals surface area contributed by atoms with Crippen molar-refractivity contribution in [2.45, 2.75) is 82.8 Å². The number of Topliss-reactive ketones (excluding diaryl/α,β-unsaturated/α-hetero) is 1. The van der Waals surface area contributed by atoms with E-state index >= 15 is 0 Å². The van der Waals surface area contributed by atoms with E-state index in [0.717, 1.165) is 68.4 Å². The molecule has 1 saturated heterocycles. The van der Waals surface area contributed by atoms with Crippen LogP contribution in [0.25, 0.3) is 10.8 Å². The quantitative estimate of drug-likeness (QED) is 0.360. The first-order chi connectivity index (χ1) is 19.0. The largest absolute Gasteiger partial charge is 0.355 e. The van der Waals surface area contributed by atoms with Gasteiger partial charge in [-0.25, -0.2) is 9.97 Å². The third kappa shape index (κ3) is 3.82. The zero-order valence-corrected chi connectivity index (χ0v) is 22.7. The third-order valence-electron chi connectivity index (χ3n) is 9.04. The Morgan fingerprint density at radius 3 is 2.26 bits per heavy atom. The molecule has 3 aliphatic heterocycles. The summed E-state index contributed by atoms with van der Waals surface area (Å²) in [4.78, 5) is 26.5. The maximum atomic E-state index is 14.1. The van der Waals surface area contributed by atoms with Gasteiger partial charge < -0.3 is 20.9 Å². The fourth-order valence-corrected chi connectivity index (χ4v) is 6.91. The van der Waals surface area contributed by atoms with Gasteiger partial charge in [0.1, 0.15) is 46.6 Å². The van der Waals surface area contributed by atoms with E-state index in [1.807, 2.05) is 12.1 Å². The van der Waals surface area contributed by atoms with Gasteiger partial charge in [-0.2, -0.15) is 5.26 Å². The van der Waals surface area contributed by atoms with Gasteiger partial charge in [0, 0.05) is 18.5 Å². The number of pyridine rings is 2. The van der Waals surface area contributed by atoms with E-state index in [0.29, 0.717) is 39.9 Å². The van der Waals surface area contributed by atoms with E-state index in [2.05, 4.69) is 52.9 Å². The molecule has 200 valence electrons. The van der Waals surface area contributed by atoms with Gasteiger partial charge in [-0.3, -0.25) is 4.79 Å². The van der Waals surface area contributed by atoms with Gasteiger partial charge in [0.05, 0.1) is 10.9 Å². The molecule has 7 rings (SSSR count). The first kappa shape index (κ1) is 24.2. The van der Waals surface area contributed by atoms with Crippen LogP contribution in [-0.4, -0.2) is 34.5 Å². The predicted octanol–water partition coefficient (Wildman–Crippen LogP) is 6.46. The van der Waals surface area contributed by atoms with Crippen LogP contribution in [0.1, 0.15) is 104 Å². The summed E-state index contributed by atoms with van der Waals surface area (Å²) in [6, 6.07) is 10.2. The number of rotatable bonds is 3. The van der Waals surface area contributed by atoms with Crippen molar-refractivity contribution in [3.8, 4) is 6.07 Å². The Labute approximate surface area is 229 Å². The summed E-state index contributed by atoms with van der Waals surface area (Å²) >= 11 is 0. The van der Waals surface area contributed by atoms with Gasteiger partial charge in [0.25, 0.3) is 0 Å². The number of carbonyl (C=O) groups is 1. The molecule has 5 heterocycles. The normalized spacial score (nSPS) is 21.3. The van der Waals surface area contributed by atoms with Crippen LogP contribution >= 0.6 is 0 Å². The molecule has 8 nitrogen and oxygen atoms in total. The van der Waals surface area contributed by atoms with Crippen LogP contribution in [0.2, 0.25) is 0 Å². The number of anilines is 4. The van der Waals surface area contributed by atoms with Crippen molar-refractivity contribution in [3.63, 3.8) is 0 Å². The van der Waals surface area contributed by atoms with Gasteiger partial charge in [-0.1, -0.05) is 44.5 Å². The number of hydrogen-bond acceptors (Lipinski definition) is 8. The molecule has 1 atom stereocenters. The van der Waals surface area contributed by atoms with Crippen LogP contribution in [0.4, 0.5) is 23.3 Å². The number of fused-ring (bicyclic) bond motifs is 2. The van der Waals surface area contributed by atoms with E-state index in [9.17, 15) is 10.1 Å². The number of hydrogen-bond donors (Lipinski definition) is 3. The van der Waals surface area contributed by atoms with Crippen molar-refractivity contribution >= 4 is 39.8 Å². The summed E-state index contributed by atoms with van der Waals surface area (Å²) in [6.07, 6.45) is 8.77. The van der Waals surface area contributed by atoms with E-state index in [1.54, 1.807) is 0 Å². The molecular formula is C31H35N7O. The number of nitriles is 1. The number of aromatic nitrogens is 2. The Morgan fingerprint density at radius 2 is 1.59 bits per heavy atom. The minimum absolute atomic E-state index is 0.0439. The second-order valence-electron chi connectivity index (χ2n) is 11.9. The first-order valence-electron chi connectivity index (χ1n) is 14.5. The second kappa shape index (κ2) is 9.11. The van der Waals surface area contributed by atoms with E-state index < -0.39 is 6.04 Å². The third-order valence-corrected chi connectivity index (χ3v) is 9.04. The van der Waals surface area contributed by atoms with Gasteiger partial charge in [0.15, 0.2) is 5.78 Å². The fourth-order valence-electron chi connectivity index (χ4n) is 6.91. The lowest BCUT2D eigenvalue weighted by Crippen LogP contribution is -2.50. The number of nitrogens with one attached hydrogen (secondary N) is 3. The van der Waals surface area contributed by atoms with E-state index in [4.69, 9.17) is 9.97 Å². The Balaban J connectivity index is 1.42. The summed E-state index contributed by atoms with van der Waals surface area (Å²) in [5.41, 5.74) is 2.82. The molecule has 39 heavy (non-hydrogen) atoms. The molecule has 1 unspecified atom stereocenters. The number of benzene rings is 1. The average Bonchev–Trinajstić information content (AvgIpc) is 3.29. The van der Waals surface area contributed by atoms with Crippen LogP contribution in [0.5, 0.6) is 0 Å². The zero-order chi connectivity index (χ0) is 26.7. The minimum Gasteiger partial charge on any atom is -0.355 e. The van der Waals surface area contributed by atoms with Crippen molar-refractivity contribution in [2.75, 3.05) is 33.9 Å². The Morgan fingerprint density at radius 1 is 0.923 bits per heavy atom. The molecule has 2 aromatic heterocycles. The lowest BCUT2D eigenvalue weighted by atomic mass is 9.86. The van der Waals surface area contributed by atoms with Crippen molar-refractivity contribution < 1.29 is 4.79 Å². The topological polar surface area (TPSA) is 106 Å². The average molecular weight is 522 g/mol. The molecule has 1 spiro atoms. The fraction of sp³-hybridized carbons (Fsp3) is 0.484. The molecule has 4 aliphatic rings. The molecule has 3 N–H and O–H groups in total. The lowest BCUT2D eigenvalue weighted by molar-refractivity contribution is 0.0981. The highest BCUT2D eigenvalue weighted by Crippen LogP contribution is 2.49. The van der Waals surface area contributed by atoms with Crippen LogP contribution < -0.4 is 20.9 Å². The van der Waals surface area contributed by atoms with Gasteiger partial charge in [-0.15, -0.1) is 0 Å². The maximum Gasteiger partial charge on any atom is 0.194 e. The van der Waals surface area contributed by atoms with Crippen LogP contribution in [0.3, 0.4) is 0 Å². The number of carbonyl (C=O) groups excluding carboxylic acids is 1. The van der Waals surface area contributed by atoms with Gasteiger partial charge >= 0.3 is 0 Å². The predicted molar refractivity (Wildman–Crippen MR) is 155 cm³/mol. The highest BCUT2D eigenvalue weighted by Gasteiger charge is 2.43. The smallest absolute Gasteiger partial charge is 0.194 e. The molecule has 0 amide bonds. The molecule has 8 heteroatoms. The highest BCUT2D eigenvalue weighted by atomic mass is 16.1. The van der Waals surface area contributed by atoms with Crippen LogP contribution in [0, 0.1) is 11.3 Å². The number of ketones is 1. The highest BCUT2D eigenvalue weighted by molar-refractivity contribution is 6.23. The molecule has 0 bridgehead atoms. The summed E-state index contributed by atoms with van der Waals surface area (Å²) in [6.45, 7) is 6.07. The summed E-state index contributed by atoms with van der Waals surface area (Å²) in [5.74, 6) is 3.08. The summed E-state index contributed by atoms with van der Waals surface area (Å²) in [5, 5.41) is 22.9. The molecular weight excluding hydrogens is 486 g/mol. The van der Waals surface area contributed by atoms with E-state index in [1.165, 1.54) is 18.4 Å². The van der Waals surface area contributed by atoms with E-state index in [-0.39, 0.29) is 11.4 Å². The molecule has 3 aromatic rings. The number of nitrogens with zero attached hydrogens (tertiary/aromatic N) is 4. The molecule has 1 aromatic carbocycles. The van der Waals surface area contributed by atoms with Gasteiger partial charge in [0.2, 0.25) is 0 Å². The van der Waals surface area contributed by atoms with Crippen LogP contribution in [0.15, 0.2) is 24.3 Å². The van der Waals surface area contributed by atoms with Crippen molar-refractivity contribution in [2.24, 2.45) is 0 Å². The maximum absolute atomic E-state index is 14.1. The molecule has 0 radical (unpaired) electrons. The summed E-state index contributed by atoms with van der Waals surface area (Å²) < 4.78 is 0. The Bertz CT molecular complexity index is 1510. The lowest BCUT2D eigenvalue weighted by Gasteiger charge is -2.43. The summed E-state index contributed by atoms with van der Waals surface area (Å²) in [7, 11) is 0. The standard InChI is InChI=1S/C31H35N7O/c1-18(2)19-9-11-20(12-10-19)25-26(39)23-22-21(17-32)30(38-15-7-4-8-16-38)35-29-24(22)28(34-27(23)33-25)36-31(37-29)13-5-3-6-14-31/h9-12,18,25H,3-8,13-16H2,1-2H3,(H,35,37)(H2,33,34,36). The Hall–Kier alpha value is -3.86. The molecule has 1 aliphatic carbocycles. The van der Waals surface area contributed by atoms with Crippen molar-refractivity contribution in [3.05, 3.63) is 46.5 Å². The Kier molecular flexibility index (Phi) is 5.66. The second-order valence-corrected chi connectivity index (χ2v) is 11.9. The zero-order valence-electron chi connectivity index (χ0n) is 22.7. The monoisotopic (exact) mass is 521 g/mol. The van der Waals surface area contributed by atoms with Crippen molar-refractivity contribution in [1.82, 2.24) is 9.97 Å². The molecule has 2 fully saturated rings. The SMILES string of the molecule is CC(C)c1ccc(C2Nc3nc4c5c(nc(N6CCCCC6)c(C#N)c5c3C2=O)NC2(CCCCC2)N4)cc1. The van der Waals surface area contributed by atoms with Crippen molar-refractivity contribution in [1.29, 1.82) is 5.26 Å². The van der Waals surface area contributed by atoms with Crippen LogP contribution in [-0.2, 0) is 0 Å². The minimum atomic E-state index is -0.536. The molecule has 1 saturated carbocycles. The number of piperidine rings is 1. The van der Waals surface area contributed by atoms with Gasteiger partial charge in [-0.05, 0) is 62.0 Å². The first-order valence-corrected chi connectivity index (χ1v) is 14.5.